The zero-order chi connectivity index (χ0) is 19.1. The van der Waals surface area contributed by atoms with Crippen molar-refractivity contribution in [1.82, 2.24) is 14.5 Å². The summed E-state index contributed by atoms with van der Waals surface area (Å²) in [6.45, 7) is 4.02. The van der Waals surface area contributed by atoms with Gasteiger partial charge in [-0.15, -0.1) is 0 Å². The molecule has 0 saturated carbocycles. The molecule has 6 heteroatoms. The minimum absolute atomic E-state index is 0.213. The van der Waals surface area contributed by atoms with Crippen molar-refractivity contribution in [3.8, 4) is 0 Å². The lowest BCUT2D eigenvalue weighted by atomic mass is 10.2. The average molecular weight is 383 g/mol. The lowest BCUT2D eigenvalue weighted by Crippen LogP contribution is -2.35. The molecule has 0 saturated heterocycles. The van der Waals surface area contributed by atoms with Crippen LogP contribution in [0.15, 0.2) is 67.3 Å². The third kappa shape index (κ3) is 5.62. The van der Waals surface area contributed by atoms with Crippen molar-refractivity contribution in [2.45, 2.75) is 26.4 Å². The van der Waals surface area contributed by atoms with Gasteiger partial charge >= 0.3 is 0 Å². The lowest BCUT2D eigenvalue weighted by Gasteiger charge is -2.26. The molecule has 0 atom stereocenters. The van der Waals surface area contributed by atoms with Crippen LogP contribution in [0, 0.1) is 12.7 Å². The van der Waals surface area contributed by atoms with Crippen molar-refractivity contribution in [1.29, 1.82) is 0 Å². The fourth-order valence-electron chi connectivity index (χ4n) is 2.79. The average Bonchev–Trinajstić information content (AvgIpc) is 3.18. The van der Waals surface area contributed by atoms with Gasteiger partial charge in [-0.25, -0.2) is 9.37 Å². The van der Waals surface area contributed by atoms with E-state index in [1.54, 1.807) is 24.7 Å². The summed E-state index contributed by atoms with van der Waals surface area (Å²) in [5.74, 6) is -0.213. The van der Waals surface area contributed by atoms with Gasteiger partial charge in [0.2, 0.25) is 0 Å². The van der Waals surface area contributed by atoms with E-state index in [1.165, 1.54) is 11.6 Å². The van der Waals surface area contributed by atoms with E-state index in [4.69, 9.17) is 12.2 Å². The molecule has 0 aliphatic heterocycles. The SMILES string of the molecule is Cc1ccc(NC(=S)N(CCCn2ccnc2)Cc2ccccc2F)cc1. The monoisotopic (exact) mass is 382 g/mol. The second-order valence-electron chi connectivity index (χ2n) is 6.46. The van der Waals surface area contributed by atoms with Crippen LogP contribution in [0.25, 0.3) is 0 Å². The highest BCUT2D eigenvalue weighted by atomic mass is 32.1. The summed E-state index contributed by atoms with van der Waals surface area (Å²) < 4.78 is 16.2. The highest BCUT2D eigenvalue weighted by molar-refractivity contribution is 7.80. The van der Waals surface area contributed by atoms with Crippen LogP contribution < -0.4 is 5.32 Å². The van der Waals surface area contributed by atoms with Crippen LogP contribution in [0.4, 0.5) is 10.1 Å². The Bertz CT molecular complexity index is 862. The molecule has 1 heterocycles. The van der Waals surface area contributed by atoms with Gasteiger partial charge in [0.25, 0.3) is 0 Å². The van der Waals surface area contributed by atoms with Crippen LogP contribution >= 0.6 is 12.2 Å². The summed E-state index contributed by atoms with van der Waals surface area (Å²) in [5, 5.41) is 3.86. The zero-order valence-electron chi connectivity index (χ0n) is 15.3. The molecule has 27 heavy (non-hydrogen) atoms. The lowest BCUT2D eigenvalue weighted by molar-refractivity contribution is 0.388. The van der Waals surface area contributed by atoms with Gasteiger partial charge in [0.05, 0.1) is 6.33 Å². The molecule has 0 radical (unpaired) electrons. The molecule has 140 valence electrons. The first kappa shape index (κ1) is 19.0. The van der Waals surface area contributed by atoms with Crippen molar-refractivity contribution in [3.63, 3.8) is 0 Å². The van der Waals surface area contributed by atoms with Gasteiger partial charge in [-0.3, -0.25) is 0 Å². The minimum atomic E-state index is -0.213. The molecule has 3 rings (SSSR count). The number of rotatable bonds is 7. The third-order valence-corrected chi connectivity index (χ3v) is 4.67. The largest absolute Gasteiger partial charge is 0.345 e. The van der Waals surface area contributed by atoms with E-state index >= 15 is 0 Å². The van der Waals surface area contributed by atoms with Crippen LogP contribution in [0.5, 0.6) is 0 Å². The van der Waals surface area contributed by atoms with Gasteiger partial charge in [-0.2, -0.15) is 0 Å². The standard InChI is InChI=1S/C21H23FN4S/c1-17-7-9-19(10-8-17)24-21(27)26(13-4-12-25-14-11-23-16-25)15-18-5-2-3-6-20(18)22/h2-3,5-11,14,16H,4,12-13,15H2,1H3,(H,24,27). The number of halogens is 1. The number of nitrogens with zero attached hydrogens (tertiary/aromatic N) is 3. The molecule has 3 aromatic rings. The van der Waals surface area contributed by atoms with E-state index in [2.05, 4.69) is 10.3 Å². The Morgan fingerprint density at radius 3 is 2.67 bits per heavy atom. The van der Waals surface area contributed by atoms with Crippen molar-refractivity contribution in [2.75, 3.05) is 11.9 Å². The first-order valence-corrected chi connectivity index (χ1v) is 9.34. The Labute approximate surface area is 164 Å². The number of aromatic nitrogens is 2. The Morgan fingerprint density at radius 1 is 1.19 bits per heavy atom. The molecule has 0 bridgehead atoms. The zero-order valence-corrected chi connectivity index (χ0v) is 16.1. The predicted molar refractivity (Wildman–Crippen MR) is 111 cm³/mol. The highest BCUT2D eigenvalue weighted by Crippen LogP contribution is 2.14. The van der Waals surface area contributed by atoms with Crippen LogP contribution in [-0.2, 0) is 13.1 Å². The van der Waals surface area contributed by atoms with Gasteiger partial charge in [0.15, 0.2) is 5.11 Å². The summed E-state index contributed by atoms with van der Waals surface area (Å²) in [5.41, 5.74) is 2.75. The van der Waals surface area contributed by atoms with Crippen molar-refractivity contribution in [3.05, 3.63) is 84.2 Å². The van der Waals surface area contributed by atoms with E-state index in [-0.39, 0.29) is 5.82 Å². The Hall–Kier alpha value is -2.73. The van der Waals surface area contributed by atoms with Gasteiger partial charge in [0.1, 0.15) is 5.82 Å². The smallest absolute Gasteiger partial charge is 0.173 e. The number of hydrogen-bond donors (Lipinski definition) is 1. The number of anilines is 1. The minimum Gasteiger partial charge on any atom is -0.345 e. The summed E-state index contributed by atoms with van der Waals surface area (Å²) >= 11 is 5.62. The van der Waals surface area contributed by atoms with Crippen molar-refractivity contribution < 1.29 is 4.39 Å². The summed E-state index contributed by atoms with van der Waals surface area (Å²) in [6.07, 6.45) is 6.37. The van der Waals surface area contributed by atoms with E-state index in [0.29, 0.717) is 23.8 Å². The molecular weight excluding hydrogens is 359 g/mol. The molecule has 2 aromatic carbocycles. The molecule has 0 aliphatic rings. The Balaban J connectivity index is 1.68. The molecule has 0 unspecified atom stereocenters. The molecule has 0 fully saturated rings. The van der Waals surface area contributed by atoms with Crippen LogP contribution in [0.1, 0.15) is 17.5 Å². The molecule has 4 nitrogen and oxygen atoms in total. The topological polar surface area (TPSA) is 33.1 Å². The first-order chi connectivity index (χ1) is 13.1. The predicted octanol–water partition coefficient (Wildman–Crippen LogP) is 4.62. The summed E-state index contributed by atoms with van der Waals surface area (Å²) in [6, 6.07) is 14.9. The Kier molecular flexibility index (Phi) is 6.54. The maximum Gasteiger partial charge on any atom is 0.173 e. The third-order valence-electron chi connectivity index (χ3n) is 4.31. The second kappa shape index (κ2) is 9.28. The van der Waals surface area contributed by atoms with Gasteiger partial charge in [-0.05, 0) is 43.8 Å². The van der Waals surface area contributed by atoms with E-state index in [1.807, 2.05) is 52.9 Å². The van der Waals surface area contributed by atoms with Crippen molar-refractivity contribution >= 4 is 23.0 Å². The number of hydrogen-bond acceptors (Lipinski definition) is 2. The van der Waals surface area contributed by atoms with Crippen LogP contribution in [-0.4, -0.2) is 26.1 Å². The normalized spacial score (nSPS) is 10.6. The molecule has 1 aromatic heterocycles. The van der Waals surface area contributed by atoms with Crippen molar-refractivity contribution in [2.24, 2.45) is 0 Å². The molecule has 0 aliphatic carbocycles. The fourth-order valence-corrected chi connectivity index (χ4v) is 3.06. The maximum absolute atomic E-state index is 14.1. The molecule has 0 spiro atoms. The van der Waals surface area contributed by atoms with E-state index in [9.17, 15) is 4.39 Å². The van der Waals surface area contributed by atoms with Gasteiger partial charge in [-0.1, -0.05) is 35.9 Å². The Morgan fingerprint density at radius 2 is 1.96 bits per heavy atom. The number of aryl methyl sites for hydroxylation is 2. The number of imidazole rings is 1. The quantitative estimate of drug-likeness (QED) is 0.605. The highest BCUT2D eigenvalue weighted by Gasteiger charge is 2.13. The van der Waals surface area contributed by atoms with Crippen LogP contribution in [0.2, 0.25) is 0 Å². The summed E-state index contributed by atoms with van der Waals surface area (Å²) in [4.78, 5) is 6.06. The first-order valence-electron chi connectivity index (χ1n) is 8.93. The molecule has 0 amide bonds. The number of benzene rings is 2. The fraction of sp³-hybridized carbons (Fsp3) is 0.238. The molecule has 1 N–H and O–H groups in total. The maximum atomic E-state index is 14.1. The number of nitrogens with one attached hydrogen (secondary N) is 1. The van der Waals surface area contributed by atoms with Gasteiger partial charge in [0, 0.05) is 43.3 Å². The van der Waals surface area contributed by atoms with Crippen LogP contribution in [0.3, 0.4) is 0 Å². The summed E-state index contributed by atoms with van der Waals surface area (Å²) in [7, 11) is 0. The number of thiocarbonyl (C=S) groups is 1. The van der Waals surface area contributed by atoms with Gasteiger partial charge < -0.3 is 14.8 Å². The van der Waals surface area contributed by atoms with E-state index < -0.39 is 0 Å². The van der Waals surface area contributed by atoms with E-state index in [0.717, 1.165) is 18.7 Å². The molecular formula is C21H23FN4S. The second-order valence-corrected chi connectivity index (χ2v) is 6.85.